The fraction of sp³-hybridized carbons (Fsp3) is 0.208. The predicted octanol–water partition coefficient (Wildman–Crippen LogP) is 4.18. The van der Waals surface area contributed by atoms with Gasteiger partial charge in [-0.25, -0.2) is 9.97 Å². The molecular weight excluding hydrogens is 392 g/mol. The van der Waals surface area contributed by atoms with Gasteiger partial charge in [0.1, 0.15) is 11.3 Å². The molecule has 1 amide bonds. The number of nitrogens with one attached hydrogen (secondary N) is 1. The topological polar surface area (TPSA) is 78.3 Å². The molecule has 2 aromatic heterocycles. The molecule has 0 unspecified atom stereocenters. The highest BCUT2D eigenvalue weighted by atomic mass is 16.5. The number of rotatable bonds is 7. The molecule has 0 fully saturated rings. The van der Waals surface area contributed by atoms with E-state index in [1.807, 2.05) is 36.4 Å². The van der Waals surface area contributed by atoms with Gasteiger partial charge in [0.2, 0.25) is 5.91 Å². The second kappa shape index (κ2) is 8.87. The Morgan fingerprint density at radius 3 is 2.52 bits per heavy atom. The first-order valence-electron chi connectivity index (χ1n) is 10.1. The Kier molecular flexibility index (Phi) is 5.84. The van der Waals surface area contributed by atoms with E-state index in [0.29, 0.717) is 17.2 Å². The van der Waals surface area contributed by atoms with Crippen LogP contribution in [-0.2, 0) is 17.6 Å². The number of aryl methyl sites for hydroxylation is 1. The number of aromatic nitrogens is 3. The molecule has 0 radical (unpaired) electrons. The number of methoxy groups -OCH3 is 2. The van der Waals surface area contributed by atoms with E-state index in [2.05, 4.69) is 26.8 Å². The van der Waals surface area contributed by atoms with Crippen molar-refractivity contribution in [1.82, 2.24) is 14.5 Å². The molecule has 31 heavy (non-hydrogen) atoms. The minimum absolute atomic E-state index is 0.107. The lowest BCUT2D eigenvalue weighted by molar-refractivity contribution is -0.115. The van der Waals surface area contributed by atoms with Crippen molar-refractivity contribution in [2.24, 2.45) is 0 Å². The first kappa shape index (κ1) is 20.4. The summed E-state index contributed by atoms with van der Waals surface area (Å²) in [5.74, 6) is 2.03. The molecule has 0 aliphatic carbocycles. The number of carbonyl (C=O) groups excluding carboxylic acids is 1. The third-order valence-electron chi connectivity index (χ3n) is 5.03. The molecule has 4 rings (SSSR count). The number of pyridine rings is 1. The molecule has 7 heteroatoms. The van der Waals surface area contributed by atoms with Gasteiger partial charge in [-0.1, -0.05) is 19.1 Å². The molecule has 0 aliphatic heterocycles. The van der Waals surface area contributed by atoms with Gasteiger partial charge in [0, 0.05) is 30.1 Å². The summed E-state index contributed by atoms with van der Waals surface area (Å²) in [7, 11) is 3.14. The Balaban J connectivity index is 1.50. The molecule has 2 aromatic carbocycles. The molecule has 0 saturated carbocycles. The van der Waals surface area contributed by atoms with E-state index < -0.39 is 0 Å². The van der Waals surface area contributed by atoms with Crippen LogP contribution in [0, 0.1) is 0 Å². The zero-order chi connectivity index (χ0) is 21.8. The van der Waals surface area contributed by atoms with Crippen LogP contribution in [0.4, 0.5) is 5.69 Å². The van der Waals surface area contributed by atoms with E-state index >= 15 is 0 Å². The summed E-state index contributed by atoms with van der Waals surface area (Å²) in [5, 5.41) is 2.90. The molecular formula is C24H24N4O3. The largest absolute Gasteiger partial charge is 0.493 e. The van der Waals surface area contributed by atoms with Gasteiger partial charge in [-0.3, -0.25) is 9.36 Å². The van der Waals surface area contributed by atoms with Gasteiger partial charge in [-0.05, 0) is 42.0 Å². The Morgan fingerprint density at radius 1 is 1.03 bits per heavy atom. The van der Waals surface area contributed by atoms with Crippen molar-refractivity contribution >= 4 is 22.8 Å². The van der Waals surface area contributed by atoms with Crippen molar-refractivity contribution < 1.29 is 14.3 Å². The SMILES string of the molecule is CCc1nc2cccnc2n1-c1ccc(CC(=O)Nc2ccc(OC)c(OC)c2)cc1. The summed E-state index contributed by atoms with van der Waals surface area (Å²) in [4.78, 5) is 21.7. The number of anilines is 1. The highest BCUT2D eigenvalue weighted by molar-refractivity contribution is 5.92. The number of ether oxygens (including phenoxy) is 2. The van der Waals surface area contributed by atoms with Crippen LogP contribution in [0.25, 0.3) is 16.9 Å². The summed E-state index contributed by atoms with van der Waals surface area (Å²) in [5.41, 5.74) is 4.25. The van der Waals surface area contributed by atoms with Crippen molar-refractivity contribution in [3.05, 3.63) is 72.2 Å². The first-order valence-corrected chi connectivity index (χ1v) is 10.1. The smallest absolute Gasteiger partial charge is 0.228 e. The normalized spacial score (nSPS) is 10.8. The molecule has 0 atom stereocenters. The first-order chi connectivity index (χ1) is 15.1. The van der Waals surface area contributed by atoms with Gasteiger partial charge in [-0.15, -0.1) is 0 Å². The zero-order valence-electron chi connectivity index (χ0n) is 17.8. The molecule has 2 heterocycles. The number of nitrogens with zero attached hydrogens (tertiary/aromatic N) is 3. The highest BCUT2D eigenvalue weighted by Crippen LogP contribution is 2.29. The Hall–Kier alpha value is -3.87. The van der Waals surface area contributed by atoms with Gasteiger partial charge in [0.15, 0.2) is 17.1 Å². The average Bonchev–Trinajstić information content (AvgIpc) is 3.18. The van der Waals surface area contributed by atoms with Crippen LogP contribution in [0.1, 0.15) is 18.3 Å². The lowest BCUT2D eigenvalue weighted by Crippen LogP contribution is -2.14. The molecule has 4 aromatic rings. The number of fused-ring (bicyclic) bond motifs is 1. The second-order valence-electron chi connectivity index (χ2n) is 7.02. The number of benzene rings is 2. The minimum atomic E-state index is -0.107. The van der Waals surface area contributed by atoms with Gasteiger partial charge in [-0.2, -0.15) is 0 Å². The third-order valence-corrected chi connectivity index (χ3v) is 5.03. The molecule has 0 spiro atoms. The minimum Gasteiger partial charge on any atom is -0.493 e. The molecule has 158 valence electrons. The molecule has 0 saturated heterocycles. The fourth-order valence-corrected chi connectivity index (χ4v) is 3.54. The average molecular weight is 416 g/mol. The molecule has 0 aliphatic rings. The van der Waals surface area contributed by atoms with Crippen LogP contribution in [0.5, 0.6) is 11.5 Å². The Labute approximate surface area is 180 Å². The van der Waals surface area contributed by atoms with Crippen molar-refractivity contribution in [1.29, 1.82) is 0 Å². The summed E-state index contributed by atoms with van der Waals surface area (Å²) in [6, 6.07) is 17.0. The van der Waals surface area contributed by atoms with E-state index in [1.165, 1.54) is 0 Å². The van der Waals surface area contributed by atoms with E-state index in [0.717, 1.165) is 34.7 Å². The summed E-state index contributed by atoms with van der Waals surface area (Å²) >= 11 is 0. The maximum Gasteiger partial charge on any atom is 0.228 e. The van der Waals surface area contributed by atoms with E-state index in [-0.39, 0.29) is 12.3 Å². The lowest BCUT2D eigenvalue weighted by atomic mass is 10.1. The zero-order valence-corrected chi connectivity index (χ0v) is 17.8. The van der Waals surface area contributed by atoms with Gasteiger partial charge >= 0.3 is 0 Å². The van der Waals surface area contributed by atoms with Crippen LogP contribution >= 0.6 is 0 Å². The van der Waals surface area contributed by atoms with Crippen LogP contribution in [-0.4, -0.2) is 34.7 Å². The number of amides is 1. The van der Waals surface area contributed by atoms with E-state index in [1.54, 1.807) is 38.6 Å². The standard InChI is InChI=1S/C24H24N4O3/c1-4-22-27-19-6-5-13-25-24(19)28(22)18-10-7-16(8-11-18)14-23(29)26-17-9-12-20(30-2)21(15-17)31-3/h5-13,15H,4,14H2,1-3H3,(H,26,29). The second-order valence-corrected chi connectivity index (χ2v) is 7.02. The molecule has 7 nitrogen and oxygen atoms in total. The van der Waals surface area contributed by atoms with Gasteiger partial charge in [0.05, 0.1) is 20.6 Å². The van der Waals surface area contributed by atoms with Crippen LogP contribution in [0.3, 0.4) is 0 Å². The van der Waals surface area contributed by atoms with Crippen molar-refractivity contribution in [2.75, 3.05) is 19.5 Å². The summed E-state index contributed by atoms with van der Waals surface area (Å²) in [6.07, 6.45) is 2.83. The fourth-order valence-electron chi connectivity index (χ4n) is 3.54. The summed E-state index contributed by atoms with van der Waals surface area (Å²) in [6.45, 7) is 2.07. The maximum atomic E-state index is 12.5. The third kappa shape index (κ3) is 4.21. The number of hydrogen-bond acceptors (Lipinski definition) is 5. The Morgan fingerprint density at radius 2 is 1.81 bits per heavy atom. The van der Waals surface area contributed by atoms with E-state index in [4.69, 9.17) is 9.47 Å². The monoisotopic (exact) mass is 416 g/mol. The van der Waals surface area contributed by atoms with Crippen LogP contribution in [0.15, 0.2) is 60.8 Å². The summed E-state index contributed by atoms with van der Waals surface area (Å²) < 4.78 is 12.6. The van der Waals surface area contributed by atoms with Crippen molar-refractivity contribution in [3.8, 4) is 17.2 Å². The highest BCUT2D eigenvalue weighted by Gasteiger charge is 2.13. The van der Waals surface area contributed by atoms with Crippen LogP contribution in [0.2, 0.25) is 0 Å². The van der Waals surface area contributed by atoms with Gasteiger partial charge < -0.3 is 14.8 Å². The number of hydrogen-bond donors (Lipinski definition) is 1. The lowest BCUT2D eigenvalue weighted by Gasteiger charge is -2.11. The van der Waals surface area contributed by atoms with E-state index in [9.17, 15) is 4.79 Å². The van der Waals surface area contributed by atoms with Crippen molar-refractivity contribution in [3.63, 3.8) is 0 Å². The quantitative estimate of drug-likeness (QED) is 0.489. The van der Waals surface area contributed by atoms with Crippen LogP contribution < -0.4 is 14.8 Å². The number of imidazole rings is 1. The van der Waals surface area contributed by atoms with Crippen molar-refractivity contribution in [2.45, 2.75) is 19.8 Å². The molecule has 0 bridgehead atoms. The number of carbonyl (C=O) groups is 1. The maximum absolute atomic E-state index is 12.5. The molecule has 1 N–H and O–H groups in total. The predicted molar refractivity (Wildman–Crippen MR) is 120 cm³/mol. The van der Waals surface area contributed by atoms with Gasteiger partial charge in [0.25, 0.3) is 0 Å². The Bertz CT molecular complexity index is 1220.